The van der Waals surface area contributed by atoms with Crippen LogP contribution in [0.1, 0.15) is 35.9 Å². The lowest BCUT2D eigenvalue weighted by atomic mass is 9.96. The van der Waals surface area contributed by atoms with Gasteiger partial charge in [-0.2, -0.15) is 13.2 Å². The quantitative estimate of drug-likeness (QED) is 0.553. The predicted molar refractivity (Wildman–Crippen MR) is 109 cm³/mol. The van der Waals surface area contributed by atoms with Gasteiger partial charge in [0.15, 0.2) is 11.6 Å². The molecular formula is C20H18F3N5O2S. The van der Waals surface area contributed by atoms with Crippen LogP contribution in [0, 0.1) is 5.92 Å². The number of carbonyl (C=O) groups is 1. The van der Waals surface area contributed by atoms with E-state index in [9.17, 15) is 22.8 Å². The third kappa shape index (κ3) is 6.14. The van der Waals surface area contributed by atoms with E-state index in [1.807, 2.05) is 13.8 Å². The van der Waals surface area contributed by atoms with Gasteiger partial charge in [-0.15, -0.1) is 0 Å². The van der Waals surface area contributed by atoms with Gasteiger partial charge >= 0.3 is 5.51 Å². The molecular weight excluding hydrogens is 431 g/mol. The number of thioether (sulfide) groups is 1. The highest BCUT2D eigenvalue weighted by molar-refractivity contribution is 8.00. The summed E-state index contributed by atoms with van der Waals surface area (Å²) in [6.45, 7) is 3.72. The minimum absolute atomic E-state index is 0.0490. The van der Waals surface area contributed by atoms with Crippen molar-refractivity contribution in [3.63, 3.8) is 0 Å². The number of halogens is 3. The molecule has 2 N–H and O–H groups in total. The summed E-state index contributed by atoms with van der Waals surface area (Å²) in [6, 6.07) is 7.93. The molecule has 2 aromatic heterocycles. The van der Waals surface area contributed by atoms with E-state index in [4.69, 9.17) is 0 Å². The summed E-state index contributed by atoms with van der Waals surface area (Å²) in [5, 5.41) is 2.80. The van der Waals surface area contributed by atoms with Crippen molar-refractivity contribution in [2.45, 2.75) is 30.3 Å². The first-order valence-corrected chi connectivity index (χ1v) is 9.99. The van der Waals surface area contributed by atoms with Crippen molar-refractivity contribution >= 4 is 17.7 Å². The van der Waals surface area contributed by atoms with Gasteiger partial charge in [0.25, 0.3) is 11.5 Å². The average Bonchev–Trinajstić information content (AvgIpc) is 2.71. The van der Waals surface area contributed by atoms with Crippen molar-refractivity contribution in [2.75, 3.05) is 0 Å². The van der Waals surface area contributed by atoms with E-state index >= 15 is 0 Å². The largest absolute Gasteiger partial charge is 0.446 e. The van der Waals surface area contributed by atoms with Crippen LogP contribution in [0.3, 0.4) is 0 Å². The molecule has 1 atom stereocenters. The number of aromatic nitrogens is 4. The number of rotatable bonds is 6. The number of alkyl halides is 3. The molecule has 0 bridgehead atoms. The van der Waals surface area contributed by atoms with Gasteiger partial charge in [0.05, 0.1) is 6.04 Å². The van der Waals surface area contributed by atoms with Gasteiger partial charge in [0.1, 0.15) is 5.69 Å². The third-order valence-corrected chi connectivity index (χ3v) is 4.92. The van der Waals surface area contributed by atoms with Crippen LogP contribution in [0.2, 0.25) is 0 Å². The standard InChI is InChI=1S/C20H18F3N5O2S/c1-11(2)16(12-4-6-13(7-5-12)31-20(21,22)23)28-19(30)14-10-15(29)27-18(26-14)17-24-8-3-9-25-17/h3-11,16H,1-2H3,(H,28,30)(H,26,27,29)/t16-/m1/s1. The summed E-state index contributed by atoms with van der Waals surface area (Å²) in [6.07, 6.45) is 2.95. The number of H-pyrrole nitrogens is 1. The van der Waals surface area contributed by atoms with E-state index in [1.54, 1.807) is 6.07 Å². The Morgan fingerprint density at radius 3 is 2.35 bits per heavy atom. The highest BCUT2D eigenvalue weighted by Crippen LogP contribution is 2.37. The Morgan fingerprint density at radius 1 is 1.13 bits per heavy atom. The van der Waals surface area contributed by atoms with Gasteiger partial charge in [0, 0.05) is 23.4 Å². The average molecular weight is 449 g/mol. The number of hydrogen-bond acceptors (Lipinski definition) is 6. The van der Waals surface area contributed by atoms with Crippen LogP contribution in [-0.2, 0) is 0 Å². The van der Waals surface area contributed by atoms with Crippen molar-refractivity contribution < 1.29 is 18.0 Å². The summed E-state index contributed by atoms with van der Waals surface area (Å²) in [5.74, 6) is -0.472. The number of carbonyl (C=O) groups excluding carboxylic acids is 1. The van der Waals surface area contributed by atoms with Crippen molar-refractivity contribution in [3.05, 3.63) is 70.4 Å². The topological polar surface area (TPSA) is 101 Å². The molecule has 0 unspecified atom stereocenters. The number of nitrogens with one attached hydrogen (secondary N) is 2. The second-order valence-electron chi connectivity index (χ2n) is 6.86. The Bertz CT molecular complexity index is 1100. The van der Waals surface area contributed by atoms with E-state index in [-0.39, 0.29) is 39.9 Å². The van der Waals surface area contributed by atoms with E-state index in [1.165, 1.54) is 36.7 Å². The first kappa shape index (κ1) is 22.5. The molecule has 31 heavy (non-hydrogen) atoms. The Hall–Kier alpha value is -3.21. The molecule has 11 heteroatoms. The van der Waals surface area contributed by atoms with Gasteiger partial charge in [-0.3, -0.25) is 9.59 Å². The van der Waals surface area contributed by atoms with E-state index in [0.717, 1.165) is 6.07 Å². The molecule has 3 rings (SSSR count). The van der Waals surface area contributed by atoms with Gasteiger partial charge in [-0.05, 0) is 41.4 Å². The zero-order chi connectivity index (χ0) is 22.6. The van der Waals surface area contributed by atoms with Crippen molar-refractivity contribution in [1.29, 1.82) is 0 Å². The molecule has 1 aromatic carbocycles. The highest BCUT2D eigenvalue weighted by atomic mass is 32.2. The fourth-order valence-electron chi connectivity index (χ4n) is 2.83. The van der Waals surface area contributed by atoms with Gasteiger partial charge < -0.3 is 10.3 Å². The lowest BCUT2D eigenvalue weighted by Crippen LogP contribution is -2.33. The minimum Gasteiger partial charge on any atom is -0.344 e. The van der Waals surface area contributed by atoms with Crippen molar-refractivity contribution in [3.8, 4) is 11.6 Å². The second kappa shape index (κ2) is 9.29. The fourth-order valence-corrected chi connectivity index (χ4v) is 3.37. The van der Waals surface area contributed by atoms with Crippen LogP contribution in [-0.4, -0.2) is 31.4 Å². The lowest BCUT2D eigenvalue weighted by Gasteiger charge is -2.23. The maximum atomic E-state index is 12.8. The molecule has 3 aromatic rings. The number of amides is 1. The Kier molecular flexibility index (Phi) is 6.74. The Morgan fingerprint density at radius 2 is 1.77 bits per heavy atom. The van der Waals surface area contributed by atoms with Crippen LogP contribution in [0.15, 0.2) is 58.5 Å². The smallest absolute Gasteiger partial charge is 0.344 e. The summed E-state index contributed by atoms with van der Waals surface area (Å²) in [7, 11) is 0. The summed E-state index contributed by atoms with van der Waals surface area (Å²) >= 11 is -0.206. The minimum atomic E-state index is -4.38. The third-order valence-electron chi connectivity index (χ3n) is 4.18. The second-order valence-corrected chi connectivity index (χ2v) is 8.00. The van der Waals surface area contributed by atoms with E-state index in [0.29, 0.717) is 5.56 Å². The van der Waals surface area contributed by atoms with Crippen LogP contribution >= 0.6 is 11.8 Å². The maximum absolute atomic E-state index is 12.8. The summed E-state index contributed by atoms with van der Waals surface area (Å²) in [5.41, 5.74) is -4.41. The van der Waals surface area contributed by atoms with Crippen LogP contribution in [0.25, 0.3) is 11.6 Å². The molecule has 0 fully saturated rings. The van der Waals surface area contributed by atoms with Crippen LogP contribution < -0.4 is 10.9 Å². The molecule has 0 aliphatic rings. The molecule has 162 valence electrons. The van der Waals surface area contributed by atoms with Crippen molar-refractivity contribution in [2.24, 2.45) is 5.92 Å². The van der Waals surface area contributed by atoms with Crippen molar-refractivity contribution in [1.82, 2.24) is 25.3 Å². The zero-order valence-corrected chi connectivity index (χ0v) is 17.3. The Labute approximate surface area is 179 Å². The number of aromatic amines is 1. The summed E-state index contributed by atoms with van der Waals surface area (Å²) in [4.78, 5) is 39.5. The van der Waals surface area contributed by atoms with Gasteiger partial charge in [0.2, 0.25) is 0 Å². The molecule has 0 saturated carbocycles. The SMILES string of the molecule is CC(C)[C@@H](NC(=O)c1cc(=O)[nH]c(-c2ncccn2)n1)c1ccc(SC(F)(F)F)cc1. The monoisotopic (exact) mass is 449 g/mol. The molecule has 0 spiro atoms. The molecule has 1 amide bonds. The van der Waals surface area contributed by atoms with Crippen LogP contribution in [0.5, 0.6) is 0 Å². The highest BCUT2D eigenvalue weighted by Gasteiger charge is 2.29. The van der Waals surface area contributed by atoms with Gasteiger partial charge in [-0.1, -0.05) is 26.0 Å². The number of hydrogen-bond donors (Lipinski definition) is 2. The molecule has 2 heterocycles. The van der Waals surface area contributed by atoms with Crippen LogP contribution in [0.4, 0.5) is 13.2 Å². The predicted octanol–water partition coefficient (Wildman–Crippen LogP) is 3.97. The zero-order valence-electron chi connectivity index (χ0n) is 16.5. The van der Waals surface area contributed by atoms with E-state index in [2.05, 4.69) is 25.3 Å². The van der Waals surface area contributed by atoms with Gasteiger partial charge in [-0.25, -0.2) is 15.0 Å². The normalized spacial score (nSPS) is 12.6. The number of benzene rings is 1. The first-order chi connectivity index (χ1) is 14.6. The van der Waals surface area contributed by atoms with E-state index < -0.39 is 23.0 Å². The molecule has 0 aliphatic heterocycles. The maximum Gasteiger partial charge on any atom is 0.446 e. The fraction of sp³-hybridized carbons (Fsp3) is 0.250. The molecule has 0 radical (unpaired) electrons. The summed E-state index contributed by atoms with van der Waals surface area (Å²) < 4.78 is 37.6. The Balaban J connectivity index is 1.83. The lowest BCUT2D eigenvalue weighted by molar-refractivity contribution is -0.0328. The molecule has 0 aliphatic carbocycles. The molecule has 7 nitrogen and oxygen atoms in total. The molecule has 0 saturated heterocycles. The first-order valence-electron chi connectivity index (χ1n) is 9.18. The number of nitrogens with zero attached hydrogens (tertiary/aromatic N) is 3.